The Morgan fingerprint density at radius 2 is 1.89 bits per heavy atom. The number of nitrogens with one attached hydrogen (secondary N) is 2. The Bertz CT molecular complexity index is 898. The van der Waals surface area contributed by atoms with Gasteiger partial charge in [0.2, 0.25) is 11.8 Å². The van der Waals surface area contributed by atoms with Crippen molar-refractivity contribution < 1.29 is 29.3 Å². The van der Waals surface area contributed by atoms with Crippen LogP contribution in [-0.2, 0) is 14.3 Å². The highest BCUT2D eigenvalue weighted by atomic mass is 16.6. The summed E-state index contributed by atoms with van der Waals surface area (Å²) in [6.07, 6.45) is 2.67. The number of phenolic OH excluding ortho intramolecular Hbond substituents is 1. The van der Waals surface area contributed by atoms with E-state index in [0.29, 0.717) is 24.1 Å². The number of alkyl carbamates (subject to hydrolysis) is 1. The molecule has 1 aromatic carbocycles. The van der Waals surface area contributed by atoms with Gasteiger partial charge in [0.1, 0.15) is 23.4 Å². The van der Waals surface area contributed by atoms with Crippen LogP contribution in [0.3, 0.4) is 0 Å². The Morgan fingerprint density at radius 1 is 1.23 bits per heavy atom. The third-order valence-electron chi connectivity index (χ3n) is 5.99. The highest BCUT2D eigenvalue weighted by Gasteiger charge is 2.48. The van der Waals surface area contributed by atoms with Gasteiger partial charge in [-0.2, -0.15) is 0 Å². The summed E-state index contributed by atoms with van der Waals surface area (Å²) in [5.74, 6) is -0.651. The molecule has 1 aliphatic carbocycles. The molecule has 2 rings (SSSR count). The van der Waals surface area contributed by atoms with Crippen molar-refractivity contribution in [2.75, 3.05) is 13.2 Å². The number of aromatic hydroxyl groups is 1. The molecular weight excluding hydrogens is 450 g/mol. The summed E-state index contributed by atoms with van der Waals surface area (Å²) in [7, 11) is 0. The first kappa shape index (κ1) is 28.4. The third kappa shape index (κ3) is 8.13. The van der Waals surface area contributed by atoms with E-state index in [1.807, 2.05) is 6.92 Å². The summed E-state index contributed by atoms with van der Waals surface area (Å²) >= 11 is 0. The van der Waals surface area contributed by atoms with Gasteiger partial charge >= 0.3 is 6.09 Å². The molecule has 4 N–H and O–H groups in total. The summed E-state index contributed by atoms with van der Waals surface area (Å²) in [6, 6.07) is 2.34. The van der Waals surface area contributed by atoms with Gasteiger partial charge in [0.05, 0.1) is 6.61 Å². The fourth-order valence-electron chi connectivity index (χ4n) is 3.96. The number of benzene rings is 1. The predicted octanol–water partition coefficient (Wildman–Crippen LogP) is 3.17. The molecule has 196 valence electrons. The van der Waals surface area contributed by atoms with Crippen molar-refractivity contribution in [3.05, 3.63) is 29.3 Å². The van der Waals surface area contributed by atoms with Crippen LogP contribution in [0.1, 0.15) is 77.5 Å². The van der Waals surface area contributed by atoms with Crippen LogP contribution in [0.5, 0.6) is 5.75 Å². The fraction of sp³-hybridized carbons (Fsp3) is 0.654. The Kier molecular flexibility index (Phi) is 9.94. The topological polar surface area (TPSA) is 128 Å². The van der Waals surface area contributed by atoms with Gasteiger partial charge in [-0.1, -0.05) is 32.8 Å². The van der Waals surface area contributed by atoms with Crippen molar-refractivity contribution in [3.8, 4) is 5.75 Å². The first-order valence-electron chi connectivity index (χ1n) is 12.4. The molecule has 1 aromatic rings. The Hall–Kier alpha value is -2.81. The lowest BCUT2D eigenvalue weighted by molar-refractivity contribution is -0.144. The van der Waals surface area contributed by atoms with Crippen molar-refractivity contribution in [1.29, 1.82) is 0 Å². The second-order valence-electron chi connectivity index (χ2n) is 10.4. The number of phenols is 1. The molecule has 0 spiro atoms. The summed E-state index contributed by atoms with van der Waals surface area (Å²) < 4.78 is 5.26. The van der Waals surface area contributed by atoms with Gasteiger partial charge < -0.3 is 30.5 Å². The van der Waals surface area contributed by atoms with E-state index in [2.05, 4.69) is 17.6 Å². The van der Waals surface area contributed by atoms with Crippen LogP contribution in [0.4, 0.5) is 4.79 Å². The van der Waals surface area contributed by atoms with E-state index in [1.54, 1.807) is 39.8 Å². The number of hydrogen-bond acceptors (Lipinski definition) is 6. The second kappa shape index (κ2) is 12.2. The molecule has 1 fully saturated rings. The Morgan fingerprint density at radius 3 is 2.40 bits per heavy atom. The lowest BCUT2D eigenvalue weighted by Gasteiger charge is -2.34. The van der Waals surface area contributed by atoms with Crippen LogP contribution in [0.25, 0.3) is 0 Å². The van der Waals surface area contributed by atoms with Gasteiger partial charge in [0, 0.05) is 12.6 Å². The lowest BCUT2D eigenvalue weighted by atomic mass is 10.00. The van der Waals surface area contributed by atoms with Gasteiger partial charge in [-0.25, -0.2) is 4.79 Å². The maximum atomic E-state index is 13.7. The maximum Gasteiger partial charge on any atom is 0.408 e. The van der Waals surface area contributed by atoms with Crippen LogP contribution in [0.2, 0.25) is 0 Å². The van der Waals surface area contributed by atoms with Crippen LogP contribution < -0.4 is 10.6 Å². The van der Waals surface area contributed by atoms with Crippen molar-refractivity contribution in [2.45, 2.75) is 91.0 Å². The monoisotopic (exact) mass is 491 g/mol. The molecule has 1 saturated carbocycles. The predicted molar refractivity (Wildman–Crippen MR) is 133 cm³/mol. The number of rotatable bonds is 11. The number of carbonyl (C=O) groups is 3. The number of aliphatic hydroxyl groups excluding tert-OH is 1. The van der Waals surface area contributed by atoms with Crippen LogP contribution in [0.15, 0.2) is 18.2 Å². The van der Waals surface area contributed by atoms with Crippen molar-refractivity contribution in [3.63, 3.8) is 0 Å². The largest absolute Gasteiger partial charge is 0.508 e. The molecule has 35 heavy (non-hydrogen) atoms. The molecule has 4 atom stereocenters. The number of aryl methyl sites for hydroxylation is 1. The molecule has 9 nitrogen and oxygen atoms in total. The normalized spacial score (nSPS) is 18.8. The standard InChI is InChI=1S/C26H41N3O6/c1-7-8-9-12-27-23(32)22(18-10-11-21(31)17(3)13-18)29(20-14-16(20)2)24(33)19(15-30)28-25(34)35-26(4,5)6/h10-11,13,16,19-20,22,30-31H,7-9,12,14-15H2,1-6H3,(H,27,32)(H,28,34). The summed E-state index contributed by atoms with van der Waals surface area (Å²) in [5.41, 5.74) is 0.352. The van der Waals surface area contributed by atoms with Crippen molar-refractivity contribution in [1.82, 2.24) is 15.5 Å². The molecule has 3 amide bonds. The van der Waals surface area contributed by atoms with Gasteiger partial charge in [-0.05, 0) is 69.7 Å². The van der Waals surface area contributed by atoms with Crippen LogP contribution >= 0.6 is 0 Å². The first-order valence-corrected chi connectivity index (χ1v) is 12.4. The fourth-order valence-corrected chi connectivity index (χ4v) is 3.96. The van der Waals surface area contributed by atoms with Crippen molar-refractivity contribution >= 4 is 17.9 Å². The highest BCUT2D eigenvalue weighted by Crippen LogP contribution is 2.41. The first-order chi connectivity index (χ1) is 16.4. The zero-order chi connectivity index (χ0) is 26.3. The molecule has 0 aromatic heterocycles. The molecule has 0 radical (unpaired) electrons. The third-order valence-corrected chi connectivity index (χ3v) is 5.99. The number of amides is 3. The average molecular weight is 492 g/mol. The molecule has 9 heteroatoms. The molecule has 0 heterocycles. The molecule has 0 bridgehead atoms. The van der Waals surface area contributed by atoms with E-state index in [0.717, 1.165) is 19.3 Å². The molecule has 1 aliphatic rings. The van der Waals surface area contributed by atoms with Gasteiger partial charge in [0.15, 0.2) is 0 Å². The van der Waals surface area contributed by atoms with Gasteiger partial charge in [0.25, 0.3) is 0 Å². The van der Waals surface area contributed by atoms with E-state index in [1.165, 1.54) is 11.0 Å². The smallest absolute Gasteiger partial charge is 0.408 e. The van der Waals surface area contributed by atoms with E-state index in [-0.39, 0.29) is 23.6 Å². The summed E-state index contributed by atoms with van der Waals surface area (Å²) in [5, 5.41) is 25.4. The van der Waals surface area contributed by atoms with Crippen LogP contribution in [0, 0.1) is 12.8 Å². The quantitative estimate of drug-likeness (QED) is 0.352. The number of carbonyl (C=O) groups excluding carboxylic acids is 3. The minimum Gasteiger partial charge on any atom is -0.508 e. The molecular formula is C26H41N3O6. The SMILES string of the molecule is CCCCCNC(=O)C(c1ccc(O)c(C)c1)N(C(=O)C(CO)NC(=O)OC(C)(C)C)C1CC1C. The number of hydrogen-bond donors (Lipinski definition) is 4. The minimum absolute atomic E-state index is 0.0911. The van der Waals surface area contributed by atoms with Gasteiger partial charge in [-0.15, -0.1) is 0 Å². The van der Waals surface area contributed by atoms with E-state index < -0.39 is 36.3 Å². The zero-order valence-corrected chi connectivity index (χ0v) is 21.8. The number of ether oxygens (including phenoxy) is 1. The summed E-state index contributed by atoms with van der Waals surface area (Å²) in [4.78, 5) is 41.0. The van der Waals surface area contributed by atoms with Crippen LogP contribution in [-0.4, -0.2) is 63.9 Å². The minimum atomic E-state index is -1.27. The number of nitrogens with zero attached hydrogens (tertiary/aromatic N) is 1. The molecule has 4 unspecified atom stereocenters. The Balaban J connectivity index is 2.40. The van der Waals surface area contributed by atoms with Crippen molar-refractivity contribution in [2.24, 2.45) is 5.92 Å². The second-order valence-corrected chi connectivity index (χ2v) is 10.4. The zero-order valence-electron chi connectivity index (χ0n) is 21.8. The highest BCUT2D eigenvalue weighted by molar-refractivity contribution is 5.92. The number of aliphatic hydroxyl groups is 1. The Labute approximate surface area is 208 Å². The average Bonchev–Trinajstić information content (AvgIpc) is 3.49. The van der Waals surface area contributed by atoms with E-state index in [4.69, 9.17) is 4.74 Å². The van der Waals surface area contributed by atoms with E-state index in [9.17, 15) is 24.6 Å². The molecule has 0 saturated heterocycles. The summed E-state index contributed by atoms with van der Waals surface area (Å²) in [6.45, 7) is 10.7. The maximum absolute atomic E-state index is 13.7. The molecule has 0 aliphatic heterocycles. The lowest BCUT2D eigenvalue weighted by Crippen LogP contribution is -2.55. The van der Waals surface area contributed by atoms with Gasteiger partial charge in [-0.3, -0.25) is 9.59 Å². The number of unbranched alkanes of at least 4 members (excludes halogenated alkanes) is 2. The van der Waals surface area contributed by atoms with E-state index >= 15 is 0 Å².